The molecule has 0 saturated carbocycles. The number of hydrogen-bond acceptors (Lipinski definition) is 0. The Bertz CT molecular complexity index is 721. The molecule has 1 aromatic rings. The lowest BCUT2D eigenvalue weighted by Crippen LogP contribution is -2.02. The van der Waals surface area contributed by atoms with Crippen molar-refractivity contribution in [3.63, 3.8) is 0 Å². The highest BCUT2D eigenvalue weighted by atomic mass is 14.3. The van der Waals surface area contributed by atoms with Crippen LogP contribution in [0.5, 0.6) is 0 Å². The number of hydrogen-bond donors (Lipinski definition) is 0. The molecule has 1 unspecified atom stereocenters. The topological polar surface area (TPSA) is 0 Å². The van der Waals surface area contributed by atoms with E-state index in [0.29, 0.717) is 5.92 Å². The average molecular weight is 335 g/mol. The van der Waals surface area contributed by atoms with Crippen molar-refractivity contribution < 1.29 is 0 Å². The molecule has 1 aromatic carbocycles. The summed E-state index contributed by atoms with van der Waals surface area (Å²) in [5.41, 5.74) is 11.6. The van der Waals surface area contributed by atoms with Crippen LogP contribution in [0.4, 0.5) is 0 Å². The van der Waals surface area contributed by atoms with Crippen LogP contribution < -0.4 is 0 Å². The fourth-order valence-electron chi connectivity index (χ4n) is 4.11. The summed E-state index contributed by atoms with van der Waals surface area (Å²) >= 11 is 0. The number of aryl methyl sites for hydroxylation is 2. The number of fused-ring (bicyclic) bond motifs is 1. The zero-order chi connectivity index (χ0) is 18.6. The van der Waals surface area contributed by atoms with E-state index in [4.69, 9.17) is 0 Å². The summed E-state index contributed by atoms with van der Waals surface area (Å²) in [6, 6.07) is 2.44. The number of allylic oxidation sites excluding steroid dienone is 6. The Balaban J connectivity index is 2.26. The predicted molar refractivity (Wildman–Crippen MR) is 112 cm³/mol. The van der Waals surface area contributed by atoms with Gasteiger partial charge in [0.05, 0.1) is 0 Å². The third-order valence-electron chi connectivity index (χ3n) is 5.51. The van der Waals surface area contributed by atoms with Crippen molar-refractivity contribution in [2.24, 2.45) is 0 Å². The van der Waals surface area contributed by atoms with Gasteiger partial charge in [0.25, 0.3) is 0 Å². The molecule has 0 amide bonds. The molecule has 0 fully saturated rings. The Kier molecular flexibility index (Phi) is 6.64. The Morgan fingerprint density at radius 1 is 1.20 bits per heavy atom. The lowest BCUT2D eigenvalue weighted by molar-refractivity contribution is 0.687. The van der Waals surface area contributed by atoms with E-state index in [2.05, 4.69) is 72.1 Å². The molecule has 0 N–H and O–H groups in total. The van der Waals surface area contributed by atoms with Gasteiger partial charge in [0, 0.05) is 0 Å². The first-order valence-electron chi connectivity index (χ1n) is 9.57. The molecule has 0 aliphatic heterocycles. The van der Waals surface area contributed by atoms with Crippen molar-refractivity contribution >= 4 is 0 Å². The first kappa shape index (κ1) is 19.5. The second kappa shape index (κ2) is 8.52. The van der Waals surface area contributed by atoms with Crippen molar-refractivity contribution in [2.75, 3.05) is 0 Å². The Morgan fingerprint density at radius 2 is 1.92 bits per heavy atom. The van der Waals surface area contributed by atoms with Crippen LogP contribution in [0.15, 0.2) is 54.2 Å². The molecular formula is C25H34. The fourth-order valence-corrected chi connectivity index (χ4v) is 4.11. The van der Waals surface area contributed by atoms with Gasteiger partial charge >= 0.3 is 0 Å². The van der Waals surface area contributed by atoms with Gasteiger partial charge in [-0.05, 0) is 106 Å². The molecule has 0 radical (unpaired) electrons. The van der Waals surface area contributed by atoms with Crippen LogP contribution >= 0.6 is 0 Å². The van der Waals surface area contributed by atoms with E-state index in [1.807, 2.05) is 0 Å². The summed E-state index contributed by atoms with van der Waals surface area (Å²) in [6.45, 7) is 19.1. The first-order chi connectivity index (χ1) is 11.8. The molecule has 0 aromatic heterocycles. The van der Waals surface area contributed by atoms with Gasteiger partial charge in [-0.1, -0.05) is 42.0 Å². The zero-order valence-corrected chi connectivity index (χ0v) is 16.8. The second-order valence-electron chi connectivity index (χ2n) is 7.85. The molecule has 134 valence electrons. The van der Waals surface area contributed by atoms with Crippen molar-refractivity contribution in [1.82, 2.24) is 0 Å². The molecule has 0 nitrogen and oxygen atoms in total. The summed E-state index contributed by atoms with van der Waals surface area (Å²) in [6.07, 6.45) is 12.3. The first-order valence-corrected chi connectivity index (χ1v) is 9.57. The SMILES string of the molecule is C=CCC1CCc2c(C)c(CC/C(=C/C=C(C)C)C(=C)C)cc(C)c21. The quantitative estimate of drug-likeness (QED) is 0.362. The van der Waals surface area contributed by atoms with Crippen LogP contribution in [0, 0.1) is 13.8 Å². The normalized spacial score (nSPS) is 16.5. The van der Waals surface area contributed by atoms with Crippen LogP contribution in [-0.2, 0) is 12.8 Å². The van der Waals surface area contributed by atoms with Gasteiger partial charge in [-0.3, -0.25) is 0 Å². The van der Waals surface area contributed by atoms with Crippen molar-refractivity contribution in [1.29, 1.82) is 0 Å². The van der Waals surface area contributed by atoms with E-state index in [0.717, 1.165) is 19.3 Å². The Morgan fingerprint density at radius 3 is 2.52 bits per heavy atom. The Hall–Kier alpha value is -1.82. The zero-order valence-electron chi connectivity index (χ0n) is 16.8. The second-order valence-corrected chi connectivity index (χ2v) is 7.85. The van der Waals surface area contributed by atoms with E-state index < -0.39 is 0 Å². The minimum absolute atomic E-state index is 0.684. The molecule has 1 atom stereocenters. The van der Waals surface area contributed by atoms with E-state index in [1.165, 1.54) is 46.3 Å². The summed E-state index contributed by atoms with van der Waals surface area (Å²) in [4.78, 5) is 0. The largest absolute Gasteiger partial charge is 0.103 e. The Labute approximate surface area is 155 Å². The molecule has 1 aliphatic rings. The van der Waals surface area contributed by atoms with Crippen LogP contribution in [0.3, 0.4) is 0 Å². The third-order valence-corrected chi connectivity index (χ3v) is 5.51. The van der Waals surface area contributed by atoms with Crippen LogP contribution in [0.25, 0.3) is 0 Å². The molecule has 0 heterocycles. The smallest absolute Gasteiger partial charge is 0.0119 e. The lowest BCUT2D eigenvalue weighted by Gasteiger charge is -2.18. The summed E-state index contributed by atoms with van der Waals surface area (Å²) in [5, 5.41) is 0. The fraction of sp³-hybridized carbons (Fsp3) is 0.440. The molecule has 0 bridgehead atoms. The van der Waals surface area contributed by atoms with Crippen molar-refractivity contribution in [2.45, 2.75) is 72.6 Å². The highest BCUT2D eigenvalue weighted by molar-refractivity contribution is 5.50. The van der Waals surface area contributed by atoms with Crippen LogP contribution in [0.2, 0.25) is 0 Å². The molecule has 0 heteroatoms. The number of benzene rings is 1. The van der Waals surface area contributed by atoms with Gasteiger partial charge in [0.1, 0.15) is 0 Å². The minimum Gasteiger partial charge on any atom is -0.103 e. The van der Waals surface area contributed by atoms with Crippen LogP contribution in [-0.4, -0.2) is 0 Å². The predicted octanol–water partition coefficient (Wildman–Crippen LogP) is 7.31. The van der Waals surface area contributed by atoms with Crippen molar-refractivity contribution in [3.05, 3.63) is 82.0 Å². The molecular weight excluding hydrogens is 300 g/mol. The third kappa shape index (κ3) is 4.63. The number of rotatable bonds is 7. The van der Waals surface area contributed by atoms with Gasteiger partial charge in [-0.15, -0.1) is 6.58 Å². The lowest BCUT2D eigenvalue weighted by atomic mass is 9.87. The van der Waals surface area contributed by atoms with Crippen molar-refractivity contribution in [3.8, 4) is 0 Å². The summed E-state index contributed by atoms with van der Waals surface area (Å²) < 4.78 is 0. The van der Waals surface area contributed by atoms with Gasteiger partial charge in [0.15, 0.2) is 0 Å². The molecule has 25 heavy (non-hydrogen) atoms. The van der Waals surface area contributed by atoms with Gasteiger partial charge in [0.2, 0.25) is 0 Å². The summed E-state index contributed by atoms with van der Waals surface area (Å²) in [5.74, 6) is 0.684. The van der Waals surface area contributed by atoms with Gasteiger partial charge in [-0.25, -0.2) is 0 Å². The maximum Gasteiger partial charge on any atom is -0.0119 e. The average Bonchev–Trinajstić information content (AvgIpc) is 2.96. The van der Waals surface area contributed by atoms with Gasteiger partial charge in [-0.2, -0.15) is 0 Å². The molecule has 1 aliphatic carbocycles. The monoisotopic (exact) mass is 334 g/mol. The summed E-state index contributed by atoms with van der Waals surface area (Å²) in [7, 11) is 0. The maximum atomic E-state index is 4.17. The molecule has 0 spiro atoms. The van der Waals surface area contributed by atoms with E-state index in [1.54, 1.807) is 11.1 Å². The standard InChI is InChI=1S/C25H34/c1-8-9-22-14-15-24-20(7)23(16-19(6)25(22)24)13-12-21(18(4)5)11-10-17(2)3/h8,10-11,16,22H,1,4,9,12-15H2,2-3,5-7H3/b21-11-. The van der Waals surface area contributed by atoms with E-state index in [9.17, 15) is 0 Å². The van der Waals surface area contributed by atoms with E-state index in [-0.39, 0.29) is 0 Å². The highest BCUT2D eigenvalue weighted by Crippen LogP contribution is 2.41. The van der Waals surface area contributed by atoms with Crippen LogP contribution in [0.1, 0.15) is 73.8 Å². The maximum absolute atomic E-state index is 4.17. The van der Waals surface area contributed by atoms with Gasteiger partial charge < -0.3 is 0 Å². The van der Waals surface area contributed by atoms with E-state index >= 15 is 0 Å². The molecule has 2 rings (SSSR count). The highest BCUT2D eigenvalue weighted by Gasteiger charge is 2.25. The molecule has 0 saturated heterocycles. The minimum atomic E-state index is 0.684.